The molecule has 104 valence electrons. The third-order valence-electron chi connectivity index (χ3n) is 4.32. The number of aliphatic hydroxyl groups excluding tert-OH is 2. The molecular weight excluding hydrogens is 248 g/mol. The van der Waals surface area contributed by atoms with Gasteiger partial charge in [0.25, 0.3) is 0 Å². The first kappa shape index (κ1) is 13.7. The predicted molar refractivity (Wildman–Crippen MR) is 54.4 cm³/mol. The molecule has 8 nitrogen and oxygen atoms in total. The Morgan fingerprint density at radius 1 is 1.39 bits per heavy atom. The first-order chi connectivity index (χ1) is 8.23. The molecule has 1 heterocycles. The summed E-state index contributed by atoms with van der Waals surface area (Å²) in [6.07, 6.45) is -4.43. The Morgan fingerprint density at radius 3 is 2.33 bits per heavy atom. The van der Waals surface area contributed by atoms with Crippen molar-refractivity contribution in [1.82, 2.24) is 0 Å². The van der Waals surface area contributed by atoms with E-state index in [2.05, 4.69) is 0 Å². The van der Waals surface area contributed by atoms with E-state index in [1.807, 2.05) is 0 Å². The maximum absolute atomic E-state index is 11.3. The fourth-order valence-corrected chi connectivity index (χ4v) is 3.04. The molecule has 1 saturated heterocycles. The molecule has 0 aromatic carbocycles. The predicted octanol–water partition coefficient (Wildman–Crippen LogP) is -2.72. The summed E-state index contributed by atoms with van der Waals surface area (Å²) in [4.78, 5) is 11.3. The molecule has 0 bridgehead atoms. The number of aliphatic hydroxyl groups is 4. The van der Waals surface area contributed by atoms with Gasteiger partial charge >= 0.3 is 5.97 Å². The van der Waals surface area contributed by atoms with Crippen LogP contribution in [-0.4, -0.2) is 74.9 Å². The number of methoxy groups -OCH3 is 1. The number of carbonyl (C=O) groups is 1. The molecule has 0 aromatic rings. The summed E-state index contributed by atoms with van der Waals surface area (Å²) in [7, 11) is 1.19. The monoisotopic (exact) mass is 264 g/mol. The zero-order chi connectivity index (χ0) is 13.9. The molecule has 6 atom stereocenters. The van der Waals surface area contributed by atoms with Gasteiger partial charge in [0.15, 0.2) is 6.29 Å². The molecule has 18 heavy (non-hydrogen) atoms. The van der Waals surface area contributed by atoms with Crippen molar-refractivity contribution in [3.8, 4) is 0 Å². The molecule has 1 unspecified atom stereocenters. The van der Waals surface area contributed by atoms with Crippen molar-refractivity contribution in [2.24, 2.45) is 5.41 Å². The number of fused-ring (bicyclic) bond motifs is 1. The molecule has 5 N–H and O–H groups in total. The average Bonchev–Trinajstić information content (AvgIpc) is 2.75. The third-order valence-corrected chi connectivity index (χ3v) is 4.32. The topological polar surface area (TPSA) is 137 Å². The van der Waals surface area contributed by atoms with Crippen LogP contribution in [0, 0.1) is 5.41 Å². The minimum absolute atomic E-state index is 0.714. The van der Waals surface area contributed by atoms with Crippen molar-refractivity contribution < 1.29 is 39.8 Å². The fraction of sp³-hybridized carbons (Fsp3) is 0.900. The number of carboxylic acid groups (broad SMARTS) is 1. The van der Waals surface area contributed by atoms with E-state index in [1.165, 1.54) is 7.11 Å². The zero-order valence-corrected chi connectivity index (χ0v) is 9.90. The van der Waals surface area contributed by atoms with Gasteiger partial charge in [-0.25, -0.2) is 0 Å². The average molecular weight is 264 g/mol. The van der Waals surface area contributed by atoms with Crippen molar-refractivity contribution >= 4 is 5.97 Å². The highest BCUT2D eigenvalue weighted by atomic mass is 16.7. The van der Waals surface area contributed by atoms with E-state index in [0.717, 1.165) is 6.92 Å². The lowest BCUT2D eigenvalue weighted by Gasteiger charge is -2.37. The summed E-state index contributed by atoms with van der Waals surface area (Å²) in [6, 6.07) is 0. The van der Waals surface area contributed by atoms with Gasteiger partial charge < -0.3 is 35.0 Å². The summed E-state index contributed by atoms with van der Waals surface area (Å²) in [5, 5.41) is 48.8. The lowest BCUT2D eigenvalue weighted by molar-refractivity contribution is -0.294. The van der Waals surface area contributed by atoms with Gasteiger partial charge in [-0.1, -0.05) is 0 Å². The van der Waals surface area contributed by atoms with Crippen molar-refractivity contribution in [2.75, 3.05) is 13.7 Å². The van der Waals surface area contributed by atoms with E-state index >= 15 is 0 Å². The van der Waals surface area contributed by atoms with Crippen LogP contribution in [0.3, 0.4) is 0 Å². The first-order valence-corrected chi connectivity index (χ1v) is 5.38. The standard InChI is InChI=1S/C10H16O8/c1-8(7(13)14)9(15)4(3-11)18-6(17-2)5(12)10(8,9)16/h4-6,11-12,15-16H,3H2,1-2H3,(H,13,14)/t4-,5+,6-,8?,9-,10+/m1/s1. The molecule has 1 aliphatic heterocycles. The summed E-state index contributed by atoms with van der Waals surface area (Å²) in [5.41, 5.74) is -6.65. The van der Waals surface area contributed by atoms with Crippen LogP contribution in [0.1, 0.15) is 6.92 Å². The van der Waals surface area contributed by atoms with Crippen LogP contribution in [0.15, 0.2) is 0 Å². The second kappa shape index (κ2) is 3.62. The molecule has 0 radical (unpaired) electrons. The maximum atomic E-state index is 11.3. The van der Waals surface area contributed by atoms with Crippen LogP contribution in [0.5, 0.6) is 0 Å². The minimum Gasteiger partial charge on any atom is -0.481 e. The SMILES string of the molecule is CO[C@@H]1O[C@H](CO)[C@@]2(O)C(C)(C(=O)O)[C@@]2(O)[C@H]1O. The highest BCUT2D eigenvalue weighted by Crippen LogP contribution is 2.71. The Morgan fingerprint density at radius 2 is 1.94 bits per heavy atom. The van der Waals surface area contributed by atoms with E-state index in [0.29, 0.717) is 0 Å². The largest absolute Gasteiger partial charge is 0.481 e. The van der Waals surface area contributed by atoms with Gasteiger partial charge in [0.1, 0.15) is 28.8 Å². The summed E-state index contributed by atoms with van der Waals surface area (Å²) < 4.78 is 9.84. The summed E-state index contributed by atoms with van der Waals surface area (Å²) >= 11 is 0. The number of aliphatic carboxylic acids is 1. The highest BCUT2D eigenvalue weighted by Gasteiger charge is 2.96. The van der Waals surface area contributed by atoms with Crippen LogP contribution in [0.2, 0.25) is 0 Å². The second-order valence-electron chi connectivity index (χ2n) is 4.82. The number of hydrogen-bond acceptors (Lipinski definition) is 7. The van der Waals surface area contributed by atoms with Gasteiger partial charge in [-0.3, -0.25) is 4.79 Å². The molecule has 0 aromatic heterocycles. The van der Waals surface area contributed by atoms with Crippen molar-refractivity contribution in [3.05, 3.63) is 0 Å². The fourth-order valence-electron chi connectivity index (χ4n) is 3.04. The van der Waals surface area contributed by atoms with Crippen LogP contribution >= 0.6 is 0 Å². The van der Waals surface area contributed by atoms with Gasteiger partial charge in [0, 0.05) is 7.11 Å². The van der Waals surface area contributed by atoms with E-state index in [-0.39, 0.29) is 0 Å². The molecule has 2 aliphatic rings. The van der Waals surface area contributed by atoms with Gasteiger partial charge in [0.05, 0.1) is 6.61 Å². The summed E-state index contributed by atoms with van der Waals surface area (Å²) in [6.45, 7) is 0.372. The van der Waals surface area contributed by atoms with Crippen LogP contribution < -0.4 is 0 Å². The molecule has 1 saturated carbocycles. The smallest absolute Gasteiger partial charge is 0.315 e. The lowest BCUT2D eigenvalue weighted by atomic mass is 9.99. The Bertz CT molecular complexity index is 386. The maximum Gasteiger partial charge on any atom is 0.315 e. The number of ether oxygens (including phenoxy) is 2. The second-order valence-corrected chi connectivity index (χ2v) is 4.82. The zero-order valence-electron chi connectivity index (χ0n) is 9.90. The number of hydrogen-bond donors (Lipinski definition) is 5. The molecule has 2 rings (SSSR count). The Labute approximate surface area is 102 Å². The highest BCUT2D eigenvalue weighted by molar-refractivity contribution is 5.85. The van der Waals surface area contributed by atoms with Crippen LogP contribution in [-0.2, 0) is 14.3 Å². The number of carboxylic acids is 1. The van der Waals surface area contributed by atoms with E-state index < -0.39 is 47.7 Å². The Kier molecular flexibility index (Phi) is 2.75. The van der Waals surface area contributed by atoms with Crippen molar-refractivity contribution in [2.45, 2.75) is 36.6 Å². The molecule has 8 heteroatoms. The van der Waals surface area contributed by atoms with E-state index in [9.17, 15) is 20.1 Å². The Balaban J connectivity index is 2.50. The van der Waals surface area contributed by atoms with Gasteiger partial charge in [-0.2, -0.15) is 0 Å². The van der Waals surface area contributed by atoms with Gasteiger partial charge in [-0.15, -0.1) is 0 Å². The molecule has 0 amide bonds. The van der Waals surface area contributed by atoms with E-state index in [1.54, 1.807) is 0 Å². The Hall–Kier alpha value is -0.770. The molecule has 0 spiro atoms. The first-order valence-electron chi connectivity index (χ1n) is 5.38. The van der Waals surface area contributed by atoms with Crippen LogP contribution in [0.4, 0.5) is 0 Å². The normalized spacial score (nSPS) is 54.9. The molecule has 2 fully saturated rings. The minimum atomic E-state index is -2.34. The van der Waals surface area contributed by atoms with Crippen molar-refractivity contribution in [3.63, 3.8) is 0 Å². The molecule has 1 aliphatic carbocycles. The van der Waals surface area contributed by atoms with E-state index in [4.69, 9.17) is 19.7 Å². The lowest BCUT2D eigenvalue weighted by Crippen LogP contribution is -2.58. The van der Waals surface area contributed by atoms with Gasteiger partial charge in [-0.05, 0) is 6.92 Å². The van der Waals surface area contributed by atoms with Crippen molar-refractivity contribution in [1.29, 1.82) is 0 Å². The van der Waals surface area contributed by atoms with Crippen LogP contribution in [0.25, 0.3) is 0 Å². The summed E-state index contributed by atoms with van der Waals surface area (Å²) in [5.74, 6) is -1.50. The quantitative estimate of drug-likeness (QED) is 0.371. The van der Waals surface area contributed by atoms with Gasteiger partial charge in [0.2, 0.25) is 0 Å². The number of rotatable bonds is 3. The molecular formula is C10H16O8. The third kappa shape index (κ3) is 1.05.